The molecule has 0 spiro atoms. The Balaban J connectivity index is 2.49. The highest BCUT2D eigenvalue weighted by molar-refractivity contribution is 9.10. The van der Waals surface area contributed by atoms with Crippen molar-refractivity contribution in [1.29, 1.82) is 0 Å². The van der Waals surface area contributed by atoms with Gasteiger partial charge in [0.1, 0.15) is 5.56 Å². The minimum atomic E-state index is -0.303. The van der Waals surface area contributed by atoms with E-state index in [0.717, 1.165) is 15.8 Å². The van der Waals surface area contributed by atoms with Gasteiger partial charge in [0.15, 0.2) is 5.78 Å². The van der Waals surface area contributed by atoms with Crippen LogP contribution < -0.4 is 5.56 Å². The molecule has 0 amide bonds. The van der Waals surface area contributed by atoms with Crippen molar-refractivity contribution in [3.05, 3.63) is 55.9 Å². The van der Waals surface area contributed by atoms with E-state index >= 15 is 0 Å². The van der Waals surface area contributed by atoms with E-state index in [1.165, 1.54) is 10.9 Å². The van der Waals surface area contributed by atoms with Crippen molar-refractivity contribution >= 4 is 33.5 Å². The van der Waals surface area contributed by atoms with E-state index in [2.05, 4.69) is 21.0 Å². The number of thioether (sulfide) groups is 1. The van der Waals surface area contributed by atoms with Gasteiger partial charge in [-0.25, -0.2) is 0 Å². The largest absolute Gasteiger partial charge is 0.302 e. The molecular weight excluding hydrogens is 328 g/mol. The van der Waals surface area contributed by atoms with E-state index in [1.807, 2.05) is 18.4 Å². The summed E-state index contributed by atoms with van der Waals surface area (Å²) in [6, 6.07) is 5.49. The van der Waals surface area contributed by atoms with Crippen LogP contribution in [0.15, 0.2) is 33.7 Å². The van der Waals surface area contributed by atoms with E-state index < -0.39 is 0 Å². The van der Waals surface area contributed by atoms with Gasteiger partial charge in [-0.1, -0.05) is 15.9 Å². The maximum Gasteiger partial charge on any atom is 0.277 e. The van der Waals surface area contributed by atoms with Gasteiger partial charge in [-0.2, -0.15) is 11.8 Å². The Kier molecular flexibility index (Phi) is 4.31. The summed E-state index contributed by atoms with van der Waals surface area (Å²) in [5, 5.41) is 2.72. The van der Waals surface area contributed by atoms with Gasteiger partial charge >= 0.3 is 0 Å². The number of hydrogen-bond acceptors (Lipinski definition) is 3. The maximum absolute atomic E-state index is 12.4. The van der Waals surface area contributed by atoms with Crippen molar-refractivity contribution in [2.45, 2.75) is 5.75 Å². The predicted molar refractivity (Wildman–Crippen MR) is 80.8 cm³/mol. The zero-order valence-electron chi connectivity index (χ0n) is 10.6. The third-order valence-electron chi connectivity index (χ3n) is 2.79. The second kappa shape index (κ2) is 5.79. The summed E-state index contributed by atoms with van der Waals surface area (Å²) in [4.78, 5) is 24.2. The minimum absolute atomic E-state index is 0.173. The zero-order chi connectivity index (χ0) is 14.0. The first-order valence-corrected chi connectivity index (χ1v) is 7.79. The monoisotopic (exact) mass is 340 g/mol. The second-order valence-corrected chi connectivity index (χ2v) is 5.90. The van der Waals surface area contributed by atoms with Crippen LogP contribution in [0.4, 0.5) is 0 Å². The van der Waals surface area contributed by atoms with Gasteiger partial charge in [-0.05, 0) is 30.0 Å². The van der Waals surface area contributed by atoms with Gasteiger partial charge in [-0.15, -0.1) is 0 Å². The Bertz CT molecular complexity index is 676. The van der Waals surface area contributed by atoms with Crippen molar-refractivity contribution in [1.82, 2.24) is 9.78 Å². The van der Waals surface area contributed by atoms with Crippen LogP contribution >= 0.6 is 27.7 Å². The lowest BCUT2D eigenvalue weighted by molar-refractivity contribution is 0.103. The third-order valence-corrected chi connectivity index (χ3v) is 3.89. The molecule has 0 unspecified atom stereocenters. The first-order valence-electron chi connectivity index (χ1n) is 5.61. The number of aryl methyl sites for hydroxylation is 1. The molecule has 0 aliphatic rings. The zero-order valence-corrected chi connectivity index (χ0v) is 13.0. The Morgan fingerprint density at radius 3 is 2.74 bits per heavy atom. The summed E-state index contributed by atoms with van der Waals surface area (Å²) in [6.07, 6.45) is 3.43. The molecule has 0 bridgehead atoms. The number of halogens is 1. The number of nitrogens with zero attached hydrogens (tertiary/aromatic N) is 1. The molecule has 4 nitrogen and oxygen atoms in total. The molecule has 0 fully saturated rings. The molecule has 1 aromatic heterocycles. The van der Waals surface area contributed by atoms with Crippen molar-refractivity contribution in [3.63, 3.8) is 0 Å². The lowest BCUT2D eigenvalue weighted by Crippen LogP contribution is -2.19. The van der Waals surface area contributed by atoms with Crippen LogP contribution in [0.3, 0.4) is 0 Å². The first-order chi connectivity index (χ1) is 9.04. The summed E-state index contributed by atoms with van der Waals surface area (Å²) >= 11 is 5.03. The fourth-order valence-corrected chi connectivity index (χ4v) is 2.79. The predicted octanol–water partition coefficient (Wildman–Crippen LogP) is 2.57. The highest BCUT2D eigenvalue weighted by Gasteiger charge is 2.18. The molecule has 0 radical (unpaired) electrons. The highest BCUT2D eigenvalue weighted by Crippen LogP contribution is 2.22. The summed E-state index contributed by atoms with van der Waals surface area (Å²) in [5.74, 6) is 0.490. The topological polar surface area (TPSA) is 54.9 Å². The molecule has 0 aliphatic carbocycles. The molecule has 0 saturated carbocycles. The summed E-state index contributed by atoms with van der Waals surface area (Å²) < 4.78 is 2.22. The van der Waals surface area contributed by atoms with Crippen LogP contribution in [0.2, 0.25) is 0 Å². The van der Waals surface area contributed by atoms with Crippen LogP contribution in [0.5, 0.6) is 0 Å². The Labute approximate surface area is 123 Å². The van der Waals surface area contributed by atoms with Gasteiger partial charge in [0.2, 0.25) is 0 Å². The number of H-pyrrole nitrogens is 1. The fraction of sp³-hybridized carbons (Fsp3) is 0.231. The number of benzene rings is 1. The lowest BCUT2D eigenvalue weighted by Gasteiger charge is -2.07. The smallest absolute Gasteiger partial charge is 0.277 e. The molecule has 2 rings (SSSR count). The lowest BCUT2D eigenvalue weighted by atomic mass is 10.0. The maximum atomic E-state index is 12.4. The molecule has 19 heavy (non-hydrogen) atoms. The van der Waals surface area contributed by atoms with E-state index in [1.54, 1.807) is 24.9 Å². The number of rotatable bonds is 4. The molecule has 6 heteroatoms. The van der Waals surface area contributed by atoms with Crippen LogP contribution in [-0.4, -0.2) is 21.8 Å². The van der Waals surface area contributed by atoms with Gasteiger partial charge in [0, 0.05) is 29.0 Å². The van der Waals surface area contributed by atoms with Gasteiger partial charge in [-0.3, -0.25) is 14.3 Å². The SMILES string of the molecule is CSCc1cc(Br)ccc1C(=O)c1c[nH]n(C)c1=O. The molecule has 0 aliphatic heterocycles. The Hall–Kier alpha value is -1.27. The number of aromatic amines is 1. The van der Waals surface area contributed by atoms with E-state index in [0.29, 0.717) is 5.56 Å². The van der Waals surface area contributed by atoms with Crippen molar-refractivity contribution in [3.8, 4) is 0 Å². The molecule has 0 atom stereocenters. The van der Waals surface area contributed by atoms with Crippen molar-refractivity contribution in [2.75, 3.05) is 6.26 Å². The molecule has 100 valence electrons. The quantitative estimate of drug-likeness (QED) is 0.870. The van der Waals surface area contributed by atoms with Crippen molar-refractivity contribution < 1.29 is 4.79 Å². The van der Waals surface area contributed by atoms with E-state index in [9.17, 15) is 9.59 Å². The average molecular weight is 341 g/mol. The molecule has 1 heterocycles. The fourth-order valence-electron chi connectivity index (χ4n) is 1.83. The molecule has 1 aromatic carbocycles. The summed E-state index contributed by atoms with van der Waals surface area (Å²) in [6.45, 7) is 0. The van der Waals surface area contributed by atoms with E-state index in [4.69, 9.17) is 0 Å². The number of nitrogens with one attached hydrogen (secondary N) is 1. The molecule has 0 saturated heterocycles. The van der Waals surface area contributed by atoms with Crippen LogP contribution in [0.25, 0.3) is 0 Å². The molecule has 1 N–H and O–H groups in total. The second-order valence-electron chi connectivity index (χ2n) is 4.11. The van der Waals surface area contributed by atoms with E-state index in [-0.39, 0.29) is 16.9 Å². The Morgan fingerprint density at radius 1 is 1.42 bits per heavy atom. The normalized spacial score (nSPS) is 10.7. The Morgan fingerprint density at radius 2 is 2.16 bits per heavy atom. The number of ketones is 1. The summed E-state index contributed by atoms with van der Waals surface area (Å²) in [7, 11) is 1.59. The number of carbonyl (C=O) groups is 1. The third kappa shape index (κ3) is 2.84. The van der Waals surface area contributed by atoms with Crippen LogP contribution in [0.1, 0.15) is 21.5 Å². The first kappa shape index (κ1) is 14.1. The standard InChI is InChI=1S/C13H13BrN2O2S/c1-16-13(18)11(6-15-16)12(17)10-4-3-9(14)5-8(10)7-19-2/h3-6,15H,7H2,1-2H3. The van der Waals surface area contributed by atoms with Crippen LogP contribution in [0, 0.1) is 0 Å². The number of hydrogen-bond donors (Lipinski definition) is 1. The van der Waals surface area contributed by atoms with Gasteiger partial charge in [0.05, 0.1) is 0 Å². The minimum Gasteiger partial charge on any atom is -0.302 e. The van der Waals surface area contributed by atoms with Gasteiger partial charge < -0.3 is 5.10 Å². The van der Waals surface area contributed by atoms with Gasteiger partial charge in [0.25, 0.3) is 5.56 Å². The average Bonchev–Trinajstić information content (AvgIpc) is 2.70. The number of aromatic nitrogens is 2. The van der Waals surface area contributed by atoms with Crippen molar-refractivity contribution in [2.24, 2.45) is 7.05 Å². The molecular formula is C13H13BrN2O2S. The molecule has 2 aromatic rings. The number of carbonyl (C=O) groups excluding carboxylic acids is 1. The van der Waals surface area contributed by atoms with Crippen LogP contribution in [-0.2, 0) is 12.8 Å². The summed E-state index contributed by atoms with van der Waals surface area (Å²) in [5.41, 5.74) is 1.37. The highest BCUT2D eigenvalue weighted by atomic mass is 79.9.